The molecule has 2 heteroatoms. The Bertz CT molecular complexity index is 170. The molecular formula is C16H34O2. The van der Waals surface area contributed by atoms with Crippen LogP contribution >= 0.6 is 0 Å². The van der Waals surface area contributed by atoms with Crippen molar-refractivity contribution in [2.24, 2.45) is 11.8 Å². The summed E-state index contributed by atoms with van der Waals surface area (Å²) in [5.41, 5.74) is 0. The van der Waals surface area contributed by atoms with Gasteiger partial charge in [0.1, 0.15) is 0 Å². The summed E-state index contributed by atoms with van der Waals surface area (Å²) < 4.78 is 5.37. The Morgan fingerprint density at radius 3 is 2.11 bits per heavy atom. The first-order valence-corrected chi connectivity index (χ1v) is 7.83. The Morgan fingerprint density at radius 2 is 1.61 bits per heavy atom. The maximum absolute atomic E-state index is 9.49. The van der Waals surface area contributed by atoms with Crippen molar-refractivity contribution in [1.29, 1.82) is 0 Å². The number of aliphatic hydroxyl groups is 1. The number of ether oxygens (including phenoxy) is 1. The summed E-state index contributed by atoms with van der Waals surface area (Å²) in [6.07, 6.45) is 10.5. The van der Waals surface area contributed by atoms with E-state index in [1.54, 1.807) is 7.11 Å². The molecule has 3 atom stereocenters. The van der Waals surface area contributed by atoms with E-state index in [1.165, 1.54) is 44.9 Å². The molecule has 0 aliphatic carbocycles. The fourth-order valence-corrected chi connectivity index (χ4v) is 2.59. The second-order valence-corrected chi connectivity index (χ2v) is 5.62. The van der Waals surface area contributed by atoms with Gasteiger partial charge < -0.3 is 9.84 Å². The van der Waals surface area contributed by atoms with E-state index >= 15 is 0 Å². The molecule has 0 aromatic heterocycles. The van der Waals surface area contributed by atoms with Crippen molar-refractivity contribution < 1.29 is 9.84 Å². The summed E-state index contributed by atoms with van der Waals surface area (Å²) in [7, 11) is 1.74. The van der Waals surface area contributed by atoms with Crippen molar-refractivity contribution in [2.45, 2.75) is 78.2 Å². The zero-order valence-corrected chi connectivity index (χ0v) is 13.0. The Labute approximate surface area is 114 Å². The molecule has 2 nitrogen and oxygen atoms in total. The van der Waals surface area contributed by atoms with Gasteiger partial charge in [-0.2, -0.15) is 0 Å². The predicted octanol–water partition coefficient (Wildman–Crippen LogP) is 4.41. The minimum absolute atomic E-state index is 0.172. The highest BCUT2D eigenvalue weighted by atomic mass is 16.5. The molecule has 110 valence electrons. The summed E-state index contributed by atoms with van der Waals surface area (Å²) in [5, 5.41) is 9.49. The molecule has 0 aliphatic heterocycles. The fraction of sp³-hybridized carbons (Fsp3) is 1.00. The lowest BCUT2D eigenvalue weighted by Gasteiger charge is -2.26. The van der Waals surface area contributed by atoms with E-state index in [1.807, 2.05) is 0 Å². The van der Waals surface area contributed by atoms with Crippen LogP contribution in [-0.2, 0) is 4.74 Å². The highest BCUT2D eigenvalue weighted by Gasteiger charge is 2.20. The van der Waals surface area contributed by atoms with Gasteiger partial charge in [0.05, 0.1) is 6.10 Å². The van der Waals surface area contributed by atoms with Crippen molar-refractivity contribution in [2.75, 3.05) is 13.7 Å². The van der Waals surface area contributed by atoms with Crippen LogP contribution in [-0.4, -0.2) is 24.9 Å². The highest BCUT2D eigenvalue weighted by molar-refractivity contribution is 4.71. The summed E-state index contributed by atoms with van der Waals surface area (Å²) in [6, 6.07) is 0. The smallest absolute Gasteiger partial charge is 0.0593 e. The maximum atomic E-state index is 9.49. The van der Waals surface area contributed by atoms with Crippen LogP contribution in [0.15, 0.2) is 0 Å². The highest BCUT2D eigenvalue weighted by Crippen LogP contribution is 2.26. The van der Waals surface area contributed by atoms with Crippen LogP contribution < -0.4 is 0 Å². The average molecular weight is 258 g/mol. The number of methoxy groups -OCH3 is 1. The molecule has 0 radical (unpaired) electrons. The van der Waals surface area contributed by atoms with E-state index in [0.29, 0.717) is 5.92 Å². The van der Waals surface area contributed by atoms with Gasteiger partial charge in [-0.25, -0.2) is 0 Å². The number of aliphatic hydroxyl groups excluding tert-OH is 1. The van der Waals surface area contributed by atoms with E-state index < -0.39 is 0 Å². The van der Waals surface area contributed by atoms with Crippen molar-refractivity contribution in [3.05, 3.63) is 0 Å². The second kappa shape index (κ2) is 12.0. The Balaban J connectivity index is 4.16. The van der Waals surface area contributed by atoms with Gasteiger partial charge in [0, 0.05) is 19.6 Å². The molecule has 0 heterocycles. The van der Waals surface area contributed by atoms with Gasteiger partial charge in [-0.3, -0.25) is 0 Å². The van der Waals surface area contributed by atoms with Crippen molar-refractivity contribution in [3.8, 4) is 0 Å². The molecule has 0 amide bonds. The number of hydrogen-bond donors (Lipinski definition) is 1. The van der Waals surface area contributed by atoms with Gasteiger partial charge in [-0.15, -0.1) is 0 Å². The quantitative estimate of drug-likeness (QED) is 0.526. The van der Waals surface area contributed by atoms with Crippen LogP contribution in [0.5, 0.6) is 0 Å². The maximum Gasteiger partial charge on any atom is 0.0593 e. The minimum Gasteiger partial charge on any atom is -0.396 e. The Hall–Kier alpha value is -0.0800. The van der Waals surface area contributed by atoms with E-state index in [0.717, 1.165) is 12.3 Å². The fourth-order valence-electron chi connectivity index (χ4n) is 2.59. The van der Waals surface area contributed by atoms with E-state index in [2.05, 4.69) is 20.8 Å². The summed E-state index contributed by atoms with van der Waals surface area (Å²) in [5.74, 6) is 1.07. The third-order valence-corrected chi connectivity index (χ3v) is 4.09. The standard InChI is InChI=1S/C16H34O2/c1-5-7-9-11-15(10-8-6-2)12-16(13-17)14(3)18-4/h14-17H,5-13H2,1-4H3. The first kappa shape index (κ1) is 17.9. The molecule has 3 unspecified atom stereocenters. The lowest BCUT2D eigenvalue weighted by Crippen LogP contribution is -2.25. The molecule has 0 aromatic rings. The summed E-state index contributed by atoms with van der Waals surface area (Å²) >= 11 is 0. The predicted molar refractivity (Wildman–Crippen MR) is 78.8 cm³/mol. The largest absolute Gasteiger partial charge is 0.396 e. The molecule has 0 saturated heterocycles. The van der Waals surface area contributed by atoms with E-state index in [9.17, 15) is 5.11 Å². The first-order valence-electron chi connectivity index (χ1n) is 7.83. The Morgan fingerprint density at radius 1 is 1.00 bits per heavy atom. The molecule has 18 heavy (non-hydrogen) atoms. The molecule has 0 aliphatic rings. The third kappa shape index (κ3) is 8.10. The SMILES string of the molecule is CCCCCC(CCCC)CC(CO)C(C)OC. The van der Waals surface area contributed by atoms with Gasteiger partial charge in [0.25, 0.3) is 0 Å². The lowest BCUT2D eigenvalue weighted by atomic mass is 9.85. The van der Waals surface area contributed by atoms with Crippen LogP contribution in [0, 0.1) is 11.8 Å². The molecule has 0 bridgehead atoms. The molecule has 0 fully saturated rings. The Kier molecular flexibility index (Phi) is 11.9. The van der Waals surface area contributed by atoms with Crippen LogP contribution in [0.3, 0.4) is 0 Å². The molecular weight excluding hydrogens is 224 g/mol. The minimum atomic E-state index is 0.172. The normalized spacial score (nSPS) is 16.5. The number of unbranched alkanes of at least 4 members (excludes halogenated alkanes) is 3. The molecule has 0 aromatic carbocycles. The van der Waals surface area contributed by atoms with Gasteiger partial charge in [-0.05, 0) is 19.3 Å². The molecule has 1 N–H and O–H groups in total. The van der Waals surface area contributed by atoms with Crippen molar-refractivity contribution in [1.82, 2.24) is 0 Å². The topological polar surface area (TPSA) is 29.5 Å². The molecule has 0 saturated carbocycles. The van der Waals surface area contributed by atoms with Gasteiger partial charge in [-0.1, -0.05) is 58.8 Å². The van der Waals surface area contributed by atoms with Crippen molar-refractivity contribution >= 4 is 0 Å². The number of hydrogen-bond acceptors (Lipinski definition) is 2. The van der Waals surface area contributed by atoms with Gasteiger partial charge in [0.15, 0.2) is 0 Å². The monoisotopic (exact) mass is 258 g/mol. The van der Waals surface area contributed by atoms with Crippen LogP contribution in [0.25, 0.3) is 0 Å². The third-order valence-electron chi connectivity index (χ3n) is 4.09. The second-order valence-electron chi connectivity index (χ2n) is 5.62. The van der Waals surface area contributed by atoms with Crippen LogP contribution in [0.2, 0.25) is 0 Å². The van der Waals surface area contributed by atoms with Crippen LogP contribution in [0.1, 0.15) is 72.1 Å². The number of rotatable bonds is 12. The zero-order chi connectivity index (χ0) is 13.8. The zero-order valence-electron chi connectivity index (χ0n) is 13.0. The van der Waals surface area contributed by atoms with Crippen LogP contribution in [0.4, 0.5) is 0 Å². The molecule has 0 rings (SSSR count). The van der Waals surface area contributed by atoms with E-state index in [4.69, 9.17) is 4.74 Å². The molecule has 0 spiro atoms. The van der Waals surface area contributed by atoms with E-state index in [-0.39, 0.29) is 12.7 Å². The first-order chi connectivity index (χ1) is 8.69. The van der Waals surface area contributed by atoms with Crippen molar-refractivity contribution in [3.63, 3.8) is 0 Å². The van der Waals surface area contributed by atoms with Gasteiger partial charge >= 0.3 is 0 Å². The average Bonchev–Trinajstić information content (AvgIpc) is 2.40. The van der Waals surface area contributed by atoms with Gasteiger partial charge in [0.2, 0.25) is 0 Å². The lowest BCUT2D eigenvalue weighted by molar-refractivity contribution is 0.0261. The summed E-state index contributed by atoms with van der Waals surface area (Å²) in [4.78, 5) is 0. The summed E-state index contributed by atoms with van der Waals surface area (Å²) in [6.45, 7) is 6.84.